The number of Topliss-reactive ketones (excluding diaryl/α,β-unsaturated/α-hetero) is 1. The van der Waals surface area contributed by atoms with Gasteiger partial charge in [0.05, 0.1) is 0 Å². The molecule has 12 heavy (non-hydrogen) atoms. The molecule has 1 atom stereocenters. The summed E-state index contributed by atoms with van der Waals surface area (Å²) in [5.74, 6) is -0.108. The van der Waals surface area contributed by atoms with Crippen molar-refractivity contribution in [3.8, 4) is 0 Å². The van der Waals surface area contributed by atoms with Crippen LogP contribution in [0.15, 0.2) is 30.3 Å². The van der Waals surface area contributed by atoms with Gasteiger partial charge in [-0.3, -0.25) is 4.79 Å². The Hall–Kier alpha value is -0.565. The van der Waals surface area contributed by atoms with Crippen LogP contribution in [0.25, 0.3) is 0 Å². The van der Waals surface area contributed by atoms with Gasteiger partial charge in [0, 0.05) is 9.79 Å². The van der Waals surface area contributed by atoms with Crippen molar-refractivity contribution in [2.24, 2.45) is 0 Å². The zero-order valence-electron chi connectivity index (χ0n) is 6.75. The minimum absolute atomic E-state index is 0.108. The first kappa shape index (κ1) is 9.52. The van der Waals surface area contributed by atoms with Crippen LogP contribution in [-0.2, 0) is 0 Å². The third-order valence-corrected chi connectivity index (χ3v) is 1.84. The molecule has 0 aliphatic heterocycles. The van der Waals surface area contributed by atoms with E-state index in [-0.39, 0.29) is 5.78 Å². The maximum Gasteiger partial charge on any atom is 0.170 e. The van der Waals surface area contributed by atoms with Gasteiger partial charge in [0.15, 0.2) is 5.78 Å². The number of carbonyl (C=O) groups is 1. The largest absolute Gasteiger partial charge is 0.293 e. The molecular weight excluding hydrogens is 215 g/mol. The summed E-state index contributed by atoms with van der Waals surface area (Å²) in [4.78, 5) is 11.5. The summed E-state index contributed by atoms with van der Waals surface area (Å²) in [6, 6.07) is 8.97. The van der Waals surface area contributed by atoms with Crippen molar-refractivity contribution < 1.29 is 4.79 Å². The van der Waals surface area contributed by atoms with Crippen LogP contribution in [0.4, 0.5) is 0 Å². The number of benzene rings is 1. The quantitative estimate of drug-likeness (QED) is 0.426. The highest BCUT2D eigenvalue weighted by Gasteiger charge is 2.23. The smallest absolute Gasteiger partial charge is 0.170 e. The molecule has 0 amide bonds. The van der Waals surface area contributed by atoms with Crippen molar-refractivity contribution in [1.29, 1.82) is 0 Å². The van der Waals surface area contributed by atoms with Gasteiger partial charge in [0.1, 0.15) is 7.85 Å². The molecule has 1 unspecified atom stereocenters. The molecule has 0 saturated heterocycles. The maximum absolute atomic E-state index is 11.5. The van der Waals surface area contributed by atoms with Gasteiger partial charge in [-0.05, 0) is 0 Å². The SMILES string of the molecule is [B]C(C)(Br)C(=O)c1ccccc1. The van der Waals surface area contributed by atoms with Crippen LogP contribution < -0.4 is 0 Å². The molecule has 0 fully saturated rings. The number of carbonyl (C=O) groups excluding carboxylic acids is 1. The Balaban J connectivity index is 2.94. The van der Waals surface area contributed by atoms with E-state index in [0.29, 0.717) is 5.56 Å². The molecule has 0 aromatic heterocycles. The van der Waals surface area contributed by atoms with Crippen LogP contribution in [0, 0.1) is 0 Å². The van der Waals surface area contributed by atoms with E-state index in [0.717, 1.165) is 0 Å². The van der Waals surface area contributed by atoms with Gasteiger partial charge in [-0.25, -0.2) is 0 Å². The van der Waals surface area contributed by atoms with E-state index in [1.807, 2.05) is 18.2 Å². The van der Waals surface area contributed by atoms with Crippen LogP contribution in [0.5, 0.6) is 0 Å². The minimum atomic E-state index is -0.964. The Kier molecular flexibility index (Phi) is 2.73. The van der Waals surface area contributed by atoms with Gasteiger partial charge < -0.3 is 0 Å². The molecule has 1 nitrogen and oxygen atoms in total. The highest BCUT2D eigenvalue weighted by molar-refractivity contribution is 9.10. The molecule has 1 rings (SSSR count). The van der Waals surface area contributed by atoms with Gasteiger partial charge in [0.25, 0.3) is 0 Å². The summed E-state index contributed by atoms with van der Waals surface area (Å²) in [5, 5.41) is 0. The van der Waals surface area contributed by atoms with Crippen LogP contribution in [0.1, 0.15) is 17.3 Å². The van der Waals surface area contributed by atoms with E-state index in [2.05, 4.69) is 15.9 Å². The fraction of sp³-hybridized carbons (Fsp3) is 0.222. The number of ketones is 1. The third-order valence-electron chi connectivity index (χ3n) is 1.48. The average molecular weight is 223 g/mol. The lowest BCUT2D eigenvalue weighted by molar-refractivity contribution is 0.0983. The molecule has 0 saturated carbocycles. The maximum atomic E-state index is 11.5. The van der Waals surface area contributed by atoms with E-state index in [1.165, 1.54) is 0 Å². The molecule has 60 valence electrons. The topological polar surface area (TPSA) is 17.1 Å². The highest BCUT2D eigenvalue weighted by Crippen LogP contribution is 2.18. The second-order valence-electron chi connectivity index (χ2n) is 2.77. The lowest BCUT2D eigenvalue weighted by Gasteiger charge is -2.14. The van der Waals surface area contributed by atoms with Crippen molar-refractivity contribution in [3.63, 3.8) is 0 Å². The molecule has 0 spiro atoms. The Morgan fingerprint density at radius 1 is 1.42 bits per heavy atom. The average Bonchev–Trinajstić information content (AvgIpc) is 2.03. The molecule has 0 bridgehead atoms. The van der Waals surface area contributed by atoms with Crippen molar-refractivity contribution in [2.75, 3.05) is 0 Å². The second-order valence-corrected chi connectivity index (χ2v) is 4.42. The molecule has 1 aromatic carbocycles. The zero-order chi connectivity index (χ0) is 9.19. The van der Waals surface area contributed by atoms with Crippen molar-refractivity contribution in [3.05, 3.63) is 35.9 Å². The van der Waals surface area contributed by atoms with E-state index in [1.54, 1.807) is 19.1 Å². The van der Waals surface area contributed by atoms with Gasteiger partial charge >= 0.3 is 0 Å². The van der Waals surface area contributed by atoms with Gasteiger partial charge in [-0.2, -0.15) is 0 Å². The lowest BCUT2D eigenvalue weighted by atomic mass is 9.82. The number of halogens is 1. The summed E-state index contributed by atoms with van der Waals surface area (Å²) < 4.78 is -0.964. The third kappa shape index (κ3) is 2.21. The molecule has 0 heterocycles. The lowest BCUT2D eigenvalue weighted by Crippen LogP contribution is -2.28. The van der Waals surface area contributed by atoms with Crippen molar-refractivity contribution >= 4 is 29.6 Å². The van der Waals surface area contributed by atoms with Crippen LogP contribution in [0.2, 0.25) is 0 Å². The van der Waals surface area contributed by atoms with E-state index in [9.17, 15) is 4.79 Å². The fourth-order valence-electron chi connectivity index (χ4n) is 0.872. The first-order valence-electron chi connectivity index (χ1n) is 3.59. The standard InChI is InChI=1S/C9H8BBrO/c1-9(10,11)8(12)7-5-3-2-4-6-7/h2-6H,1H3. The Morgan fingerprint density at radius 2 is 1.92 bits per heavy atom. The number of alkyl halides is 1. The monoisotopic (exact) mass is 222 g/mol. The number of hydrogen-bond donors (Lipinski definition) is 0. The van der Waals surface area contributed by atoms with Gasteiger partial charge in [-0.1, -0.05) is 53.2 Å². The van der Waals surface area contributed by atoms with E-state index in [4.69, 9.17) is 7.85 Å². The van der Waals surface area contributed by atoms with Crippen LogP contribution in [-0.4, -0.2) is 17.9 Å². The van der Waals surface area contributed by atoms with Crippen molar-refractivity contribution in [1.82, 2.24) is 0 Å². The van der Waals surface area contributed by atoms with Crippen LogP contribution >= 0.6 is 15.9 Å². The predicted octanol–water partition coefficient (Wildman–Crippen LogP) is 2.15. The summed E-state index contributed by atoms with van der Waals surface area (Å²) >= 11 is 3.11. The first-order valence-corrected chi connectivity index (χ1v) is 4.39. The van der Waals surface area contributed by atoms with Crippen molar-refractivity contribution in [2.45, 2.75) is 11.1 Å². The predicted molar refractivity (Wildman–Crippen MR) is 53.9 cm³/mol. The molecule has 2 radical (unpaired) electrons. The highest BCUT2D eigenvalue weighted by atomic mass is 79.9. The molecule has 1 aromatic rings. The Bertz CT molecular complexity index is 276. The van der Waals surface area contributed by atoms with Crippen LogP contribution in [0.3, 0.4) is 0 Å². The zero-order valence-corrected chi connectivity index (χ0v) is 8.34. The number of rotatable bonds is 2. The summed E-state index contributed by atoms with van der Waals surface area (Å²) in [5.41, 5.74) is 0.624. The van der Waals surface area contributed by atoms with Gasteiger partial charge in [-0.15, -0.1) is 0 Å². The fourth-order valence-corrected chi connectivity index (χ4v) is 1.10. The first-order chi connectivity index (χ1) is 5.52. The summed E-state index contributed by atoms with van der Waals surface area (Å²) in [7, 11) is 5.58. The molecule has 0 N–H and O–H groups in total. The minimum Gasteiger partial charge on any atom is -0.293 e. The molecule has 0 aliphatic carbocycles. The van der Waals surface area contributed by atoms with Gasteiger partial charge in [0.2, 0.25) is 0 Å². The summed E-state index contributed by atoms with van der Waals surface area (Å²) in [6.07, 6.45) is 0. The number of hydrogen-bond acceptors (Lipinski definition) is 1. The van der Waals surface area contributed by atoms with E-state index >= 15 is 0 Å². The Labute approximate surface area is 81.7 Å². The normalized spacial score (nSPS) is 15.2. The second kappa shape index (κ2) is 3.44. The molecular formula is C9H8BBrO. The van der Waals surface area contributed by atoms with E-state index < -0.39 is 4.22 Å². The summed E-state index contributed by atoms with van der Waals surface area (Å²) in [6.45, 7) is 1.63. The molecule has 0 aliphatic rings. The Morgan fingerprint density at radius 3 is 2.33 bits per heavy atom. The molecule has 3 heteroatoms.